The molecular formula is C19H21BrN6O3. The number of halogens is 1. The number of hydrogen-bond acceptors (Lipinski definition) is 7. The molecule has 9 nitrogen and oxygen atoms in total. The number of benzene rings is 1. The Balaban J connectivity index is 1.67. The van der Waals surface area contributed by atoms with E-state index < -0.39 is 10.8 Å². The lowest BCUT2D eigenvalue weighted by molar-refractivity contribution is -0.383. The maximum atomic E-state index is 12.3. The molecule has 0 spiro atoms. The molecule has 1 aromatic heterocycles. The average molecular weight is 461 g/mol. The Hall–Kier alpha value is -3.01. The lowest BCUT2D eigenvalue weighted by Gasteiger charge is -2.14. The van der Waals surface area contributed by atoms with E-state index in [4.69, 9.17) is 0 Å². The molecule has 1 aromatic carbocycles. The first kappa shape index (κ1) is 20.7. The lowest BCUT2D eigenvalue weighted by Crippen LogP contribution is -2.30. The molecule has 152 valence electrons. The van der Waals surface area contributed by atoms with Gasteiger partial charge in [0.1, 0.15) is 6.33 Å². The molecular weight excluding hydrogens is 440 g/mol. The van der Waals surface area contributed by atoms with Crippen LogP contribution in [0.3, 0.4) is 0 Å². The fraction of sp³-hybridized carbons (Fsp3) is 0.316. The highest BCUT2D eigenvalue weighted by Crippen LogP contribution is 2.29. The second-order valence-corrected chi connectivity index (χ2v) is 7.37. The second kappa shape index (κ2) is 9.97. The van der Waals surface area contributed by atoms with Crippen LogP contribution >= 0.6 is 15.9 Å². The van der Waals surface area contributed by atoms with Gasteiger partial charge in [-0.05, 0) is 60.2 Å². The van der Waals surface area contributed by atoms with Crippen molar-refractivity contribution in [3.63, 3.8) is 0 Å². The summed E-state index contributed by atoms with van der Waals surface area (Å²) in [4.78, 5) is 31.2. The number of nitrogens with zero attached hydrogens (tertiary/aromatic N) is 3. The molecule has 0 unspecified atom stereocenters. The highest BCUT2D eigenvalue weighted by atomic mass is 79.9. The van der Waals surface area contributed by atoms with Crippen LogP contribution in [-0.2, 0) is 0 Å². The number of aromatic nitrogens is 2. The van der Waals surface area contributed by atoms with Gasteiger partial charge >= 0.3 is 5.69 Å². The van der Waals surface area contributed by atoms with Crippen LogP contribution in [0.15, 0.2) is 46.7 Å². The van der Waals surface area contributed by atoms with Crippen LogP contribution in [0.2, 0.25) is 0 Å². The number of hydrogen-bond donors (Lipinski definition) is 3. The van der Waals surface area contributed by atoms with E-state index in [0.29, 0.717) is 16.6 Å². The first-order valence-corrected chi connectivity index (χ1v) is 10.1. The van der Waals surface area contributed by atoms with Crippen molar-refractivity contribution >= 4 is 39.2 Å². The monoisotopic (exact) mass is 460 g/mol. The number of hydrazine groups is 1. The van der Waals surface area contributed by atoms with Crippen LogP contribution in [0.5, 0.6) is 0 Å². The van der Waals surface area contributed by atoms with E-state index in [9.17, 15) is 14.9 Å². The number of allylic oxidation sites excluding steroid dienone is 1. The minimum absolute atomic E-state index is 0.0928. The quantitative estimate of drug-likeness (QED) is 0.306. The summed E-state index contributed by atoms with van der Waals surface area (Å²) in [5, 5.41) is 14.6. The van der Waals surface area contributed by atoms with E-state index in [-0.39, 0.29) is 17.3 Å². The molecule has 0 atom stereocenters. The lowest BCUT2D eigenvalue weighted by atomic mass is 9.97. The van der Waals surface area contributed by atoms with E-state index in [1.165, 1.54) is 24.7 Å². The van der Waals surface area contributed by atoms with Gasteiger partial charge < -0.3 is 5.32 Å². The fourth-order valence-corrected chi connectivity index (χ4v) is 3.54. The number of carbonyl (C=O) groups is 1. The van der Waals surface area contributed by atoms with Crippen molar-refractivity contribution < 1.29 is 9.72 Å². The molecule has 1 amide bonds. The topological polar surface area (TPSA) is 122 Å². The van der Waals surface area contributed by atoms with Crippen molar-refractivity contribution in [1.82, 2.24) is 15.4 Å². The molecule has 3 rings (SSSR count). The Bertz CT molecular complexity index is 934. The zero-order valence-electron chi connectivity index (χ0n) is 15.7. The zero-order chi connectivity index (χ0) is 20.6. The Labute approximate surface area is 176 Å². The predicted molar refractivity (Wildman–Crippen MR) is 114 cm³/mol. The highest BCUT2D eigenvalue weighted by molar-refractivity contribution is 9.10. The Morgan fingerprint density at radius 1 is 1.21 bits per heavy atom. The summed E-state index contributed by atoms with van der Waals surface area (Å²) in [7, 11) is 0. The number of nitrogens with one attached hydrogen (secondary N) is 3. The number of carbonyl (C=O) groups excluding carboxylic acids is 1. The van der Waals surface area contributed by atoms with Crippen molar-refractivity contribution in [1.29, 1.82) is 0 Å². The third-order valence-electron chi connectivity index (χ3n) is 4.54. The van der Waals surface area contributed by atoms with Crippen molar-refractivity contribution in [3.8, 4) is 0 Å². The van der Waals surface area contributed by atoms with Crippen LogP contribution in [0.4, 0.5) is 17.3 Å². The van der Waals surface area contributed by atoms with Crippen LogP contribution < -0.4 is 16.2 Å². The molecule has 29 heavy (non-hydrogen) atoms. The van der Waals surface area contributed by atoms with Crippen molar-refractivity contribution in [2.75, 3.05) is 17.3 Å². The molecule has 1 aliphatic carbocycles. The van der Waals surface area contributed by atoms with Crippen LogP contribution in [0.25, 0.3) is 0 Å². The van der Waals surface area contributed by atoms with E-state index in [1.807, 2.05) is 0 Å². The van der Waals surface area contributed by atoms with E-state index in [0.717, 1.165) is 19.3 Å². The van der Waals surface area contributed by atoms with Gasteiger partial charge in [-0.25, -0.2) is 9.97 Å². The summed E-state index contributed by atoms with van der Waals surface area (Å²) in [6.07, 6.45) is 8.82. The number of nitro groups is 1. The van der Waals surface area contributed by atoms with Crippen LogP contribution in [0.1, 0.15) is 42.5 Å². The summed E-state index contributed by atoms with van der Waals surface area (Å²) in [5.74, 6) is -0.437. The van der Waals surface area contributed by atoms with Gasteiger partial charge in [-0.1, -0.05) is 23.8 Å². The minimum atomic E-state index is -0.574. The van der Waals surface area contributed by atoms with E-state index >= 15 is 0 Å². The smallest absolute Gasteiger partial charge is 0.354 e. The third kappa shape index (κ3) is 5.50. The molecule has 10 heteroatoms. The maximum absolute atomic E-state index is 12.3. The number of anilines is 2. The summed E-state index contributed by atoms with van der Waals surface area (Å²) in [6, 6.07) is 6.86. The maximum Gasteiger partial charge on any atom is 0.354 e. The predicted octanol–water partition coefficient (Wildman–Crippen LogP) is 4.21. The molecule has 0 fully saturated rings. The number of rotatable bonds is 8. The average Bonchev–Trinajstić information content (AvgIpc) is 2.73. The van der Waals surface area contributed by atoms with Crippen molar-refractivity contribution in [3.05, 3.63) is 62.4 Å². The van der Waals surface area contributed by atoms with Crippen LogP contribution in [0, 0.1) is 10.1 Å². The standard InChI is InChI=1S/C19H21BrN6O3/c20-15-9-5-4-8-14(15)19(27)25-24-18-16(26(28)29)17(22-12-23-18)21-11-10-13-6-2-1-3-7-13/h4-6,8-9,12H,1-3,7,10-11H2,(H,25,27)(H2,21,22,23,24). The Morgan fingerprint density at radius 3 is 2.72 bits per heavy atom. The Morgan fingerprint density at radius 2 is 2.00 bits per heavy atom. The highest BCUT2D eigenvalue weighted by Gasteiger charge is 2.23. The summed E-state index contributed by atoms with van der Waals surface area (Å²) < 4.78 is 0.607. The first-order valence-electron chi connectivity index (χ1n) is 9.28. The Kier molecular flexibility index (Phi) is 7.12. The van der Waals surface area contributed by atoms with Gasteiger partial charge in [0.25, 0.3) is 5.91 Å². The molecule has 0 bridgehead atoms. The van der Waals surface area contributed by atoms with Crippen molar-refractivity contribution in [2.45, 2.75) is 32.1 Å². The SMILES string of the molecule is O=C(NNc1ncnc(NCCC2=CCCCC2)c1[N+](=O)[O-])c1ccccc1Br. The van der Waals surface area contributed by atoms with Gasteiger partial charge in [-0.15, -0.1) is 0 Å². The second-order valence-electron chi connectivity index (χ2n) is 6.52. The molecule has 1 aliphatic rings. The van der Waals surface area contributed by atoms with Gasteiger partial charge in [0, 0.05) is 11.0 Å². The minimum Gasteiger partial charge on any atom is -0.364 e. The van der Waals surface area contributed by atoms with Gasteiger partial charge in [-0.2, -0.15) is 0 Å². The van der Waals surface area contributed by atoms with Gasteiger partial charge in [-0.3, -0.25) is 25.8 Å². The van der Waals surface area contributed by atoms with Crippen LogP contribution in [-0.4, -0.2) is 27.3 Å². The van der Waals surface area contributed by atoms with E-state index in [2.05, 4.69) is 48.1 Å². The van der Waals surface area contributed by atoms with Gasteiger partial charge in [0.2, 0.25) is 11.6 Å². The summed E-state index contributed by atoms with van der Waals surface area (Å²) in [5.41, 5.74) is 6.40. The van der Waals surface area contributed by atoms with E-state index in [1.54, 1.807) is 24.3 Å². The molecule has 3 N–H and O–H groups in total. The third-order valence-corrected chi connectivity index (χ3v) is 5.23. The van der Waals surface area contributed by atoms with Crippen molar-refractivity contribution in [2.24, 2.45) is 0 Å². The molecule has 0 aliphatic heterocycles. The normalized spacial score (nSPS) is 13.3. The molecule has 0 radical (unpaired) electrons. The van der Waals surface area contributed by atoms with Gasteiger partial charge in [0.15, 0.2) is 0 Å². The largest absolute Gasteiger partial charge is 0.364 e. The summed E-state index contributed by atoms with van der Waals surface area (Å²) in [6.45, 7) is 0.534. The summed E-state index contributed by atoms with van der Waals surface area (Å²) >= 11 is 3.30. The fourth-order valence-electron chi connectivity index (χ4n) is 3.07. The van der Waals surface area contributed by atoms with Gasteiger partial charge in [0.05, 0.1) is 10.5 Å². The first-order chi connectivity index (χ1) is 14.1. The number of amides is 1. The molecule has 1 heterocycles. The molecule has 2 aromatic rings. The molecule has 0 saturated heterocycles. The zero-order valence-corrected chi connectivity index (χ0v) is 17.2. The molecule has 0 saturated carbocycles.